The van der Waals surface area contributed by atoms with Gasteiger partial charge >= 0.3 is 0 Å². The van der Waals surface area contributed by atoms with Crippen molar-refractivity contribution in [3.8, 4) is 5.69 Å². The number of benzene rings is 1. The van der Waals surface area contributed by atoms with Crippen LogP contribution < -0.4 is 15.4 Å². The van der Waals surface area contributed by atoms with Crippen LogP contribution in [-0.2, 0) is 4.79 Å². The van der Waals surface area contributed by atoms with Crippen LogP contribution in [0.4, 0.5) is 11.4 Å². The van der Waals surface area contributed by atoms with Crippen LogP contribution in [0.15, 0.2) is 65.8 Å². The summed E-state index contributed by atoms with van der Waals surface area (Å²) in [6, 6.07) is 13.3. The molecule has 1 amide bonds. The van der Waals surface area contributed by atoms with E-state index >= 15 is 0 Å². The SMILES string of the molecule is CC1(C(=O)N2CCN(c3cnn(-c4ccccc4)c(=O)c3Cl)CC2)CCN(c2ccncc2)CC1. The lowest BCUT2D eigenvalue weighted by molar-refractivity contribution is -0.142. The van der Waals surface area contributed by atoms with Gasteiger partial charge in [-0.15, -0.1) is 0 Å². The average Bonchev–Trinajstić information content (AvgIpc) is 2.91. The largest absolute Gasteiger partial charge is 0.371 e. The molecule has 0 unspecified atom stereocenters. The molecule has 0 bridgehead atoms. The van der Waals surface area contributed by atoms with Crippen molar-refractivity contribution in [3.05, 3.63) is 76.4 Å². The van der Waals surface area contributed by atoms with Crippen LogP contribution in [0.1, 0.15) is 19.8 Å². The zero-order valence-corrected chi connectivity index (χ0v) is 20.6. The number of halogens is 1. The number of anilines is 2. The summed E-state index contributed by atoms with van der Waals surface area (Å²) in [5, 5.41) is 4.50. The van der Waals surface area contributed by atoms with Gasteiger partial charge in [-0.2, -0.15) is 9.78 Å². The Kier molecular flexibility index (Phi) is 6.47. The third-order valence-corrected chi connectivity index (χ3v) is 7.58. The zero-order chi connectivity index (χ0) is 24.4. The van der Waals surface area contributed by atoms with Crippen molar-refractivity contribution in [1.29, 1.82) is 0 Å². The number of aromatic nitrogens is 3. The number of piperazine rings is 1. The van der Waals surface area contributed by atoms with E-state index in [2.05, 4.69) is 21.9 Å². The molecule has 2 saturated heterocycles. The number of nitrogens with zero attached hydrogens (tertiary/aromatic N) is 6. The van der Waals surface area contributed by atoms with E-state index in [1.54, 1.807) is 18.6 Å². The minimum atomic E-state index is -0.360. The highest BCUT2D eigenvalue weighted by Gasteiger charge is 2.40. The molecule has 2 aromatic heterocycles. The zero-order valence-electron chi connectivity index (χ0n) is 19.8. The molecule has 182 valence electrons. The Balaban J connectivity index is 1.22. The van der Waals surface area contributed by atoms with Crippen LogP contribution >= 0.6 is 11.6 Å². The molecule has 2 aliphatic heterocycles. The molecule has 1 aromatic carbocycles. The van der Waals surface area contributed by atoms with Crippen LogP contribution in [0.5, 0.6) is 0 Å². The Morgan fingerprint density at radius 3 is 2.20 bits per heavy atom. The van der Waals surface area contributed by atoms with E-state index in [0.717, 1.165) is 31.6 Å². The fourth-order valence-corrected chi connectivity index (χ4v) is 5.21. The van der Waals surface area contributed by atoms with E-state index in [4.69, 9.17) is 11.6 Å². The van der Waals surface area contributed by atoms with Gasteiger partial charge in [0.25, 0.3) is 5.56 Å². The summed E-state index contributed by atoms with van der Waals surface area (Å²) in [4.78, 5) is 36.7. The topological polar surface area (TPSA) is 74.6 Å². The lowest BCUT2D eigenvalue weighted by Gasteiger charge is -2.44. The molecule has 4 heterocycles. The van der Waals surface area contributed by atoms with Crippen molar-refractivity contribution in [1.82, 2.24) is 19.7 Å². The van der Waals surface area contributed by atoms with Crippen molar-refractivity contribution in [2.24, 2.45) is 5.41 Å². The summed E-state index contributed by atoms with van der Waals surface area (Å²) >= 11 is 6.48. The van der Waals surface area contributed by atoms with Crippen molar-refractivity contribution in [3.63, 3.8) is 0 Å². The molecular weight excluding hydrogens is 464 g/mol. The predicted molar refractivity (Wildman–Crippen MR) is 137 cm³/mol. The molecule has 2 aliphatic rings. The Morgan fingerprint density at radius 1 is 0.886 bits per heavy atom. The number of pyridine rings is 1. The standard InChI is InChI=1S/C26H29ClN6O2/c1-26(9-13-30(14-10-26)20-7-11-28-12-8-20)25(35)32-17-15-31(16-18-32)22-19-29-33(24(34)23(22)27)21-5-3-2-4-6-21/h2-8,11-12,19H,9-10,13-18H2,1H3. The highest BCUT2D eigenvalue weighted by Crippen LogP contribution is 2.35. The second kappa shape index (κ2) is 9.70. The summed E-state index contributed by atoms with van der Waals surface area (Å²) in [6.07, 6.45) is 6.90. The fourth-order valence-electron chi connectivity index (χ4n) is 4.96. The van der Waals surface area contributed by atoms with Crippen molar-refractivity contribution < 1.29 is 4.79 Å². The number of carbonyl (C=O) groups excluding carboxylic acids is 1. The number of amides is 1. The third-order valence-electron chi connectivity index (χ3n) is 7.22. The van der Waals surface area contributed by atoms with Crippen LogP contribution in [0.2, 0.25) is 5.02 Å². The van der Waals surface area contributed by atoms with E-state index in [1.807, 2.05) is 52.3 Å². The smallest absolute Gasteiger partial charge is 0.292 e. The van der Waals surface area contributed by atoms with Gasteiger partial charge in [0.1, 0.15) is 5.02 Å². The van der Waals surface area contributed by atoms with Gasteiger partial charge in [-0.3, -0.25) is 14.6 Å². The Bertz CT molecular complexity index is 1230. The van der Waals surface area contributed by atoms with Gasteiger partial charge in [0.2, 0.25) is 5.91 Å². The monoisotopic (exact) mass is 492 g/mol. The van der Waals surface area contributed by atoms with Crippen LogP contribution in [0.3, 0.4) is 0 Å². The van der Waals surface area contributed by atoms with E-state index in [-0.39, 0.29) is 21.9 Å². The fraction of sp³-hybridized carbons (Fsp3) is 0.385. The first-order valence-corrected chi connectivity index (χ1v) is 12.4. The predicted octanol–water partition coefficient (Wildman–Crippen LogP) is 3.24. The van der Waals surface area contributed by atoms with Gasteiger partial charge in [0, 0.05) is 62.8 Å². The normalized spacial score (nSPS) is 17.9. The molecule has 0 spiro atoms. The molecule has 0 N–H and O–H groups in total. The summed E-state index contributed by atoms with van der Waals surface area (Å²) in [6.45, 7) is 6.22. The third kappa shape index (κ3) is 4.62. The lowest BCUT2D eigenvalue weighted by atomic mass is 9.78. The van der Waals surface area contributed by atoms with Crippen molar-refractivity contribution in [2.75, 3.05) is 49.1 Å². The number of hydrogen-bond donors (Lipinski definition) is 0. The molecule has 35 heavy (non-hydrogen) atoms. The van der Waals surface area contributed by atoms with Gasteiger partial charge in [0.15, 0.2) is 0 Å². The Labute approximate surface area is 209 Å². The van der Waals surface area contributed by atoms with Gasteiger partial charge < -0.3 is 14.7 Å². The van der Waals surface area contributed by atoms with E-state index < -0.39 is 0 Å². The molecule has 0 radical (unpaired) electrons. The molecular formula is C26H29ClN6O2. The highest BCUT2D eigenvalue weighted by molar-refractivity contribution is 6.33. The Morgan fingerprint density at radius 2 is 1.54 bits per heavy atom. The quantitative estimate of drug-likeness (QED) is 0.556. The molecule has 0 atom stereocenters. The minimum Gasteiger partial charge on any atom is -0.371 e. The number of hydrogen-bond acceptors (Lipinski definition) is 6. The summed E-state index contributed by atoms with van der Waals surface area (Å²) in [5.41, 5.74) is 1.74. The first-order chi connectivity index (χ1) is 17.0. The summed E-state index contributed by atoms with van der Waals surface area (Å²) in [7, 11) is 0. The average molecular weight is 493 g/mol. The number of rotatable bonds is 4. The number of carbonyl (C=O) groups is 1. The highest BCUT2D eigenvalue weighted by atomic mass is 35.5. The molecule has 3 aromatic rings. The molecule has 0 aliphatic carbocycles. The van der Waals surface area contributed by atoms with Gasteiger partial charge in [0.05, 0.1) is 17.6 Å². The summed E-state index contributed by atoms with van der Waals surface area (Å²) in [5.74, 6) is 0.218. The second-order valence-electron chi connectivity index (χ2n) is 9.43. The maximum Gasteiger partial charge on any atom is 0.292 e. The molecule has 2 fully saturated rings. The van der Waals surface area contributed by atoms with Crippen LogP contribution in [-0.4, -0.2) is 64.8 Å². The Hall–Kier alpha value is -3.39. The number of para-hydroxylation sites is 1. The maximum atomic E-state index is 13.5. The molecule has 0 saturated carbocycles. The van der Waals surface area contributed by atoms with Gasteiger partial charge in [-0.25, -0.2) is 0 Å². The maximum absolute atomic E-state index is 13.5. The van der Waals surface area contributed by atoms with Crippen LogP contribution in [0, 0.1) is 5.41 Å². The molecule has 5 rings (SSSR count). The van der Waals surface area contributed by atoms with E-state index in [0.29, 0.717) is 37.6 Å². The minimum absolute atomic E-state index is 0.152. The van der Waals surface area contributed by atoms with Crippen LogP contribution in [0.25, 0.3) is 5.69 Å². The molecule has 8 nitrogen and oxygen atoms in total. The first-order valence-electron chi connectivity index (χ1n) is 12.0. The van der Waals surface area contributed by atoms with E-state index in [1.165, 1.54) is 4.68 Å². The van der Waals surface area contributed by atoms with Crippen molar-refractivity contribution in [2.45, 2.75) is 19.8 Å². The van der Waals surface area contributed by atoms with Crippen molar-refractivity contribution >= 4 is 28.9 Å². The second-order valence-corrected chi connectivity index (χ2v) is 9.81. The summed E-state index contributed by atoms with van der Waals surface area (Å²) < 4.78 is 1.31. The molecule has 9 heteroatoms. The first kappa shape index (κ1) is 23.4. The van der Waals surface area contributed by atoms with Gasteiger partial charge in [-0.05, 0) is 37.1 Å². The van der Waals surface area contributed by atoms with E-state index in [9.17, 15) is 9.59 Å². The lowest BCUT2D eigenvalue weighted by Crippen LogP contribution is -2.55. The van der Waals surface area contributed by atoms with Gasteiger partial charge in [-0.1, -0.05) is 36.7 Å². The number of piperidine rings is 1.